The van der Waals surface area contributed by atoms with E-state index in [0.717, 1.165) is 16.7 Å². The summed E-state index contributed by atoms with van der Waals surface area (Å²) in [5, 5.41) is 15.4. The summed E-state index contributed by atoms with van der Waals surface area (Å²) >= 11 is 5.89. The molecule has 3 rings (SSSR count). The highest BCUT2D eigenvalue weighted by Gasteiger charge is 2.15. The fourth-order valence-electron chi connectivity index (χ4n) is 3.14. The van der Waals surface area contributed by atoms with Crippen LogP contribution < -0.4 is 10.6 Å². The lowest BCUT2D eigenvalue weighted by atomic mass is 9.95. The summed E-state index contributed by atoms with van der Waals surface area (Å²) < 4.78 is 0. The highest BCUT2D eigenvalue weighted by molar-refractivity contribution is 6.30. The Hall–Kier alpha value is -3.57. The Labute approximate surface area is 186 Å². The van der Waals surface area contributed by atoms with Crippen LogP contribution >= 0.6 is 11.6 Å². The zero-order valence-electron chi connectivity index (χ0n) is 16.8. The van der Waals surface area contributed by atoms with Crippen molar-refractivity contribution in [2.75, 3.05) is 5.32 Å². The minimum atomic E-state index is -0.917. The van der Waals surface area contributed by atoms with Gasteiger partial charge in [-0.2, -0.15) is 0 Å². The van der Waals surface area contributed by atoms with E-state index in [1.165, 1.54) is 0 Å². The number of carboxylic acids is 1. The van der Waals surface area contributed by atoms with Gasteiger partial charge in [0.25, 0.3) is 0 Å². The number of hydrogen-bond acceptors (Lipinski definition) is 2. The molecule has 0 aliphatic heterocycles. The summed E-state index contributed by atoms with van der Waals surface area (Å²) in [6.45, 7) is 0. The van der Waals surface area contributed by atoms with Crippen molar-refractivity contribution in [2.24, 2.45) is 0 Å². The second-order valence-electron chi connectivity index (χ2n) is 6.96. The molecule has 3 aromatic carbocycles. The fraction of sp³-hybridized carbons (Fsp3) is 0.120. The molecule has 0 spiro atoms. The second-order valence-corrected chi connectivity index (χ2v) is 7.39. The number of hydrogen-bond donors (Lipinski definition) is 3. The number of carboxylic acid groups (broad SMARTS) is 1. The summed E-state index contributed by atoms with van der Waals surface area (Å²) in [6, 6.07) is 25.4. The summed E-state index contributed by atoms with van der Waals surface area (Å²) in [4.78, 5) is 23.8. The molecular formula is C25H23ClN2O3. The van der Waals surface area contributed by atoms with Gasteiger partial charge >= 0.3 is 12.0 Å². The largest absolute Gasteiger partial charge is 0.481 e. The van der Waals surface area contributed by atoms with Crippen LogP contribution in [-0.2, 0) is 4.79 Å². The quantitative estimate of drug-likeness (QED) is 0.417. The molecule has 0 radical (unpaired) electrons. The number of nitrogens with one attached hydrogen (secondary N) is 2. The highest BCUT2D eigenvalue weighted by Crippen LogP contribution is 2.24. The monoisotopic (exact) mass is 434 g/mol. The molecule has 158 valence electrons. The molecular weight excluding hydrogens is 412 g/mol. The van der Waals surface area contributed by atoms with Crippen LogP contribution in [0.15, 0.2) is 91.0 Å². The van der Waals surface area contributed by atoms with Gasteiger partial charge in [-0.1, -0.05) is 78.3 Å². The highest BCUT2D eigenvalue weighted by atomic mass is 35.5. The molecule has 0 saturated carbocycles. The van der Waals surface area contributed by atoms with Crippen LogP contribution in [0.4, 0.5) is 10.5 Å². The minimum Gasteiger partial charge on any atom is -0.481 e. The van der Waals surface area contributed by atoms with Gasteiger partial charge in [0, 0.05) is 17.1 Å². The van der Waals surface area contributed by atoms with Crippen molar-refractivity contribution < 1.29 is 14.7 Å². The molecule has 5 nitrogen and oxygen atoms in total. The number of benzene rings is 3. The standard InChI is InChI=1S/C25H23ClN2O3/c26-20-11-13-21(14-12-20)27-25(31)28-22(15-16-24(29)30)17-23(18-7-3-1-4-8-18)19-9-5-2-6-10-19/h1-14,17,22H,15-16H2,(H,29,30)(H2,27,28,31). The molecule has 0 saturated heterocycles. The van der Waals surface area contributed by atoms with Crippen molar-refractivity contribution in [2.45, 2.75) is 18.9 Å². The van der Waals surface area contributed by atoms with Gasteiger partial charge in [-0.25, -0.2) is 4.79 Å². The van der Waals surface area contributed by atoms with Gasteiger partial charge in [-0.15, -0.1) is 0 Å². The first-order valence-electron chi connectivity index (χ1n) is 9.89. The summed E-state index contributed by atoms with van der Waals surface area (Å²) in [6.07, 6.45) is 2.10. The predicted molar refractivity (Wildman–Crippen MR) is 124 cm³/mol. The van der Waals surface area contributed by atoms with Crippen LogP contribution in [0.25, 0.3) is 5.57 Å². The number of aliphatic carboxylic acids is 1. The van der Waals surface area contributed by atoms with Crippen LogP contribution in [0.5, 0.6) is 0 Å². The van der Waals surface area contributed by atoms with Crippen molar-refractivity contribution in [1.82, 2.24) is 5.32 Å². The van der Waals surface area contributed by atoms with Crippen molar-refractivity contribution >= 4 is 34.9 Å². The minimum absolute atomic E-state index is 0.0702. The van der Waals surface area contributed by atoms with E-state index >= 15 is 0 Å². The van der Waals surface area contributed by atoms with Crippen LogP contribution in [0, 0.1) is 0 Å². The Morgan fingerprint density at radius 2 is 1.42 bits per heavy atom. The Morgan fingerprint density at radius 1 is 0.871 bits per heavy atom. The van der Waals surface area contributed by atoms with E-state index in [1.54, 1.807) is 24.3 Å². The average molecular weight is 435 g/mol. The Bertz CT molecular complexity index is 994. The first-order chi connectivity index (χ1) is 15.0. The normalized spacial score (nSPS) is 11.3. The molecule has 31 heavy (non-hydrogen) atoms. The smallest absolute Gasteiger partial charge is 0.319 e. The third-order valence-electron chi connectivity index (χ3n) is 4.63. The van der Waals surface area contributed by atoms with Crippen LogP contribution in [0.1, 0.15) is 24.0 Å². The summed E-state index contributed by atoms with van der Waals surface area (Å²) in [5.74, 6) is -0.917. The Morgan fingerprint density at radius 3 is 1.94 bits per heavy atom. The topological polar surface area (TPSA) is 78.4 Å². The maximum atomic E-state index is 12.6. The van der Waals surface area contributed by atoms with E-state index in [-0.39, 0.29) is 12.8 Å². The Balaban J connectivity index is 1.87. The van der Waals surface area contributed by atoms with Gasteiger partial charge in [0.05, 0.1) is 6.04 Å². The molecule has 0 aromatic heterocycles. The van der Waals surface area contributed by atoms with Crippen LogP contribution in [0.2, 0.25) is 5.02 Å². The first kappa shape index (κ1) is 22.1. The van der Waals surface area contributed by atoms with E-state index in [9.17, 15) is 9.59 Å². The molecule has 3 aromatic rings. The molecule has 0 aliphatic rings. The lowest BCUT2D eigenvalue weighted by molar-refractivity contribution is -0.137. The van der Waals surface area contributed by atoms with Gasteiger partial charge in [0.2, 0.25) is 0 Å². The summed E-state index contributed by atoms with van der Waals surface area (Å²) in [7, 11) is 0. The maximum Gasteiger partial charge on any atom is 0.319 e. The molecule has 0 aliphatic carbocycles. The van der Waals surface area contributed by atoms with E-state index in [0.29, 0.717) is 10.7 Å². The molecule has 6 heteroatoms. The van der Waals surface area contributed by atoms with E-state index in [2.05, 4.69) is 10.6 Å². The van der Waals surface area contributed by atoms with Crippen molar-refractivity contribution in [3.05, 3.63) is 107 Å². The maximum absolute atomic E-state index is 12.6. The van der Waals surface area contributed by atoms with Crippen molar-refractivity contribution in [3.8, 4) is 0 Å². The zero-order valence-corrected chi connectivity index (χ0v) is 17.5. The number of anilines is 1. The fourth-order valence-corrected chi connectivity index (χ4v) is 3.27. The number of rotatable bonds is 8. The van der Waals surface area contributed by atoms with Crippen LogP contribution in [0.3, 0.4) is 0 Å². The van der Waals surface area contributed by atoms with Gasteiger partial charge in [0.1, 0.15) is 0 Å². The first-order valence-corrected chi connectivity index (χ1v) is 10.3. The molecule has 3 N–H and O–H groups in total. The third-order valence-corrected chi connectivity index (χ3v) is 4.88. The number of urea groups is 1. The SMILES string of the molecule is O=C(O)CCC(C=C(c1ccccc1)c1ccccc1)NC(=O)Nc1ccc(Cl)cc1. The molecule has 2 amide bonds. The molecule has 1 atom stereocenters. The molecule has 1 unspecified atom stereocenters. The number of carbonyl (C=O) groups excluding carboxylic acids is 1. The Kier molecular flexibility index (Phi) is 7.85. The van der Waals surface area contributed by atoms with Gasteiger partial charge in [0.15, 0.2) is 0 Å². The third kappa shape index (κ3) is 7.01. The lowest BCUT2D eigenvalue weighted by Crippen LogP contribution is -2.37. The van der Waals surface area contributed by atoms with Gasteiger partial charge in [-0.3, -0.25) is 4.79 Å². The number of halogens is 1. The van der Waals surface area contributed by atoms with Crippen molar-refractivity contribution in [1.29, 1.82) is 0 Å². The lowest BCUT2D eigenvalue weighted by Gasteiger charge is -2.18. The summed E-state index contributed by atoms with van der Waals surface area (Å²) in [5.41, 5.74) is 3.47. The van der Waals surface area contributed by atoms with Crippen molar-refractivity contribution in [3.63, 3.8) is 0 Å². The second kappa shape index (κ2) is 11.0. The van der Waals surface area contributed by atoms with Gasteiger partial charge in [-0.05, 0) is 47.4 Å². The molecule has 0 fully saturated rings. The van der Waals surface area contributed by atoms with E-state index in [4.69, 9.17) is 16.7 Å². The van der Waals surface area contributed by atoms with E-state index < -0.39 is 18.0 Å². The molecule has 0 heterocycles. The number of carbonyl (C=O) groups is 2. The van der Waals surface area contributed by atoms with E-state index in [1.807, 2.05) is 66.7 Å². The average Bonchev–Trinajstić information content (AvgIpc) is 2.78. The number of amides is 2. The zero-order chi connectivity index (χ0) is 22.1. The van der Waals surface area contributed by atoms with Crippen LogP contribution in [-0.4, -0.2) is 23.1 Å². The van der Waals surface area contributed by atoms with Gasteiger partial charge < -0.3 is 15.7 Å². The molecule has 0 bridgehead atoms. The predicted octanol–water partition coefficient (Wildman–Crippen LogP) is 5.83.